The van der Waals surface area contributed by atoms with Gasteiger partial charge in [0.25, 0.3) is 0 Å². The van der Waals surface area contributed by atoms with Crippen molar-refractivity contribution in [2.24, 2.45) is 0 Å². The molecule has 0 fully saturated rings. The quantitative estimate of drug-likeness (QED) is 0.536. The first-order chi connectivity index (χ1) is 11.2. The van der Waals surface area contributed by atoms with Crippen molar-refractivity contribution in [1.29, 1.82) is 5.26 Å². The number of nitrogens with zero attached hydrogens (tertiary/aromatic N) is 2. The number of rotatable bonds is 3. The topological polar surface area (TPSA) is 36.7 Å². The molecule has 0 aliphatic rings. The fourth-order valence-corrected chi connectivity index (χ4v) is 3.08. The molecule has 0 spiro atoms. The molecule has 2 nitrogen and oxygen atoms in total. The van der Waals surface area contributed by atoms with Gasteiger partial charge in [-0.15, -0.1) is 11.3 Å². The summed E-state index contributed by atoms with van der Waals surface area (Å²) in [4.78, 5) is 4.53. The second kappa shape index (κ2) is 6.86. The highest BCUT2D eigenvalue weighted by Gasteiger charge is 2.09. The van der Waals surface area contributed by atoms with E-state index in [0.29, 0.717) is 10.6 Å². The molecule has 1 heterocycles. The van der Waals surface area contributed by atoms with Crippen LogP contribution in [-0.4, -0.2) is 4.98 Å². The highest BCUT2D eigenvalue weighted by Crippen LogP contribution is 2.28. The first-order valence-corrected chi connectivity index (χ1v) is 8.42. The molecule has 0 saturated heterocycles. The predicted molar refractivity (Wildman–Crippen MR) is 95.1 cm³/mol. The number of nitriles is 1. The Morgan fingerprint density at radius 1 is 1.13 bits per heavy atom. The fourth-order valence-electron chi connectivity index (χ4n) is 2.02. The van der Waals surface area contributed by atoms with Crippen LogP contribution in [-0.2, 0) is 0 Å². The van der Waals surface area contributed by atoms with Crippen LogP contribution in [0.2, 0.25) is 0 Å². The van der Waals surface area contributed by atoms with E-state index in [1.807, 2.05) is 29.6 Å². The Morgan fingerprint density at radius 2 is 1.83 bits per heavy atom. The molecule has 5 heteroatoms. The summed E-state index contributed by atoms with van der Waals surface area (Å²) in [5.41, 5.74) is 3.06. The van der Waals surface area contributed by atoms with Gasteiger partial charge in [-0.1, -0.05) is 40.2 Å². The van der Waals surface area contributed by atoms with E-state index in [1.165, 1.54) is 23.5 Å². The molecule has 0 bridgehead atoms. The minimum atomic E-state index is -0.299. The zero-order valence-corrected chi connectivity index (χ0v) is 14.2. The van der Waals surface area contributed by atoms with Gasteiger partial charge in [0.15, 0.2) is 0 Å². The first kappa shape index (κ1) is 15.6. The first-order valence-electron chi connectivity index (χ1n) is 6.75. The van der Waals surface area contributed by atoms with Crippen molar-refractivity contribution in [3.8, 4) is 17.3 Å². The van der Waals surface area contributed by atoms with Gasteiger partial charge in [-0.3, -0.25) is 0 Å². The number of halogens is 2. The maximum Gasteiger partial charge on any atom is 0.134 e. The average Bonchev–Trinajstić information content (AvgIpc) is 3.05. The molecule has 1 aromatic heterocycles. The zero-order chi connectivity index (χ0) is 16.2. The van der Waals surface area contributed by atoms with E-state index < -0.39 is 0 Å². The number of thiazole rings is 1. The van der Waals surface area contributed by atoms with Gasteiger partial charge in [0, 0.05) is 15.4 Å². The van der Waals surface area contributed by atoms with Crippen LogP contribution >= 0.6 is 27.3 Å². The van der Waals surface area contributed by atoms with E-state index in [9.17, 15) is 9.65 Å². The summed E-state index contributed by atoms with van der Waals surface area (Å²) in [7, 11) is 0. The van der Waals surface area contributed by atoms with Crippen molar-refractivity contribution < 1.29 is 4.39 Å². The van der Waals surface area contributed by atoms with Crippen LogP contribution in [0.3, 0.4) is 0 Å². The summed E-state index contributed by atoms with van der Waals surface area (Å²) in [5.74, 6) is -0.299. The number of aromatic nitrogens is 1. The molecule has 0 saturated carbocycles. The van der Waals surface area contributed by atoms with Gasteiger partial charge >= 0.3 is 0 Å². The van der Waals surface area contributed by atoms with Gasteiger partial charge in [0.2, 0.25) is 0 Å². The van der Waals surface area contributed by atoms with E-state index in [4.69, 9.17) is 0 Å². The number of hydrogen-bond acceptors (Lipinski definition) is 3. The summed E-state index contributed by atoms with van der Waals surface area (Å²) >= 11 is 4.82. The molecular formula is C18H10BrFN2S. The van der Waals surface area contributed by atoms with Crippen LogP contribution in [0.25, 0.3) is 22.9 Å². The Bertz CT molecular complexity index is 890. The highest BCUT2D eigenvalue weighted by molar-refractivity contribution is 9.10. The minimum Gasteiger partial charge on any atom is -0.235 e. The van der Waals surface area contributed by atoms with Crippen LogP contribution in [0, 0.1) is 17.1 Å². The van der Waals surface area contributed by atoms with Gasteiger partial charge in [-0.05, 0) is 35.9 Å². The summed E-state index contributed by atoms with van der Waals surface area (Å²) < 4.78 is 14.0. The Kier molecular flexibility index (Phi) is 4.65. The summed E-state index contributed by atoms with van der Waals surface area (Å²) in [6.45, 7) is 0. The van der Waals surface area contributed by atoms with Crippen LogP contribution < -0.4 is 0 Å². The minimum absolute atomic E-state index is 0.299. The molecule has 3 aromatic rings. The van der Waals surface area contributed by atoms with Gasteiger partial charge < -0.3 is 0 Å². The van der Waals surface area contributed by atoms with E-state index >= 15 is 0 Å². The van der Waals surface area contributed by atoms with E-state index in [1.54, 1.807) is 18.2 Å². The lowest BCUT2D eigenvalue weighted by atomic mass is 10.1. The van der Waals surface area contributed by atoms with Gasteiger partial charge in [-0.25, -0.2) is 9.37 Å². The van der Waals surface area contributed by atoms with Crippen molar-refractivity contribution in [2.45, 2.75) is 0 Å². The molecule has 0 atom stereocenters. The van der Waals surface area contributed by atoms with E-state index in [0.717, 1.165) is 21.3 Å². The molecule has 3 rings (SSSR count). The van der Waals surface area contributed by atoms with Gasteiger partial charge in [-0.2, -0.15) is 5.26 Å². The van der Waals surface area contributed by atoms with E-state index in [2.05, 4.69) is 27.0 Å². The maximum atomic E-state index is 12.9. The monoisotopic (exact) mass is 384 g/mol. The Labute approximate surface area is 145 Å². The number of benzene rings is 2. The SMILES string of the molecule is N#CC(=Cc1ccc(F)cc1)c1nc(-c2ccc(Br)cc2)cs1. The van der Waals surface area contributed by atoms with Crippen molar-refractivity contribution >= 4 is 38.9 Å². The molecule has 2 aromatic carbocycles. The molecule has 0 aliphatic heterocycles. The molecule has 0 radical (unpaired) electrons. The smallest absolute Gasteiger partial charge is 0.134 e. The zero-order valence-electron chi connectivity index (χ0n) is 11.8. The molecular weight excluding hydrogens is 375 g/mol. The summed E-state index contributed by atoms with van der Waals surface area (Å²) in [5, 5.41) is 12.0. The molecule has 0 N–H and O–H groups in total. The van der Waals surface area contributed by atoms with Gasteiger partial charge in [0.05, 0.1) is 11.3 Å². The molecule has 0 unspecified atom stereocenters. The Balaban J connectivity index is 1.92. The predicted octanol–water partition coefficient (Wildman–Crippen LogP) is 5.78. The van der Waals surface area contributed by atoms with E-state index in [-0.39, 0.29) is 5.82 Å². The largest absolute Gasteiger partial charge is 0.235 e. The normalized spacial score (nSPS) is 11.3. The third kappa shape index (κ3) is 3.73. The van der Waals surface area contributed by atoms with Crippen LogP contribution in [0.4, 0.5) is 4.39 Å². The lowest BCUT2D eigenvalue weighted by molar-refractivity contribution is 0.628. The average molecular weight is 385 g/mol. The third-order valence-corrected chi connectivity index (χ3v) is 4.58. The molecule has 23 heavy (non-hydrogen) atoms. The standard InChI is InChI=1S/C18H10BrFN2S/c19-15-5-3-13(4-6-15)17-11-23-18(22-17)14(10-21)9-12-1-7-16(20)8-2-12/h1-9,11H. The van der Waals surface area contributed by atoms with Crippen molar-refractivity contribution in [3.05, 3.63) is 74.8 Å². The summed E-state index contributed by atoms with van der Waals surface area (Å²) in [6, 6.07) is 16.0. The second-order valence-electron chi connectivity index (χ2n) is 4.77. The number of allylic oxidation sites excluding steroid dienone is 1. The maximum absolute atomic E-state index is 12.9. The lowest BCUT2D eigenvalue weighted by Gasteiger charge is -1.97. The van der Waals surface area contributed by atoms with Crippen molar-refractivity contribution in [1.82, 2.24) is 4.98 Å². The molecule has 0 amide bonds. The third-order valence-electron chi connectivity index (χ3n) is 3.18. The lowest BCUT2D eigenvalue weighted by Crippen LogP contribution is -1.83. The fraction of sp³-hybridized carbons (Fsp3) is 0. The number of hydrogen-bond donors (Lipinski definition) is 0. The summed E-state index contributed by atoms with van der Waals surface area (Å²) in [6.07, 6.45) is 1.71. The molecule has 112 valence electrons. The highest BCUT2D eigenvalue weighted by atomic mass is 79.9. The van der Waals surface area contributed by atoms with Crippen molar-refractivity contribution in [3.63, 3.8) is 0 Å². The van der Waals surface area contributed by atoms with Crippen LogP contribution in [0.1, 0.15) is 10.6 Å². The molecule has 0 aliphatic carbocycles. The van der Waals surface area contributed by atoms with Crippen LogP contribution in [0.15, 0.2) is 58.4 Å². The Hall–Kier alpha value is -2.29. The van der Waals surface area contributed by atoms with Gasteiger partial charge in [0.1, 0.15) is 16.9 Å². The van der Waals surface area contributed by atoms with Crippen molar-refractivity contribution in [2.75, 3.05) is 0 Å². The Morgan fingerprint density at radius 3 is 2.48 bits per heavy atom. The second-order valence-corrected chi connectivity index (χ2v) is 6.54. The van der Waals surface area contributed by atoms with Crippen LogP contribution in [0.5, 0.6) is 0 Å².